The second-order valence-electron chi connectivity index (χ2n) is 5.09. The van der Waals surface area contributed by atoms with Crippen molar-refractivity contribution in [2.75, 3.05) is 26.4 Å². The van der Waals surface area contributed by atoms with Crippen LogP contribution >= 0.6 is 0 Å². The van der Waals surface area contributed by atoms with Crippen molar-refractivity contribution in [1.82, 2.24) is 5.32 Å². The van der Waals surface area contributed by atoms with Gasteiger partial charge in [-0.3, -0.25) is 0 Å². The Morgan fingerprint density at radius 1 is 1.11 bits per heavy atom. The minimum atomic E-state index is -0.725. The molecule has 19 heavy (non-hydrogen) atoms. The highest BCUT2D eigenvalue weighted by atomic mass is 16.5. The third kappa shape index (κ3) is 8.22. The monoisotopic (exact) mass is 273 g/mol. The zero-order chi connectivity index (χ0) is 14.6. The maximum absolute atomic E-state index is 12.0. The molecule has 0 fully saturated rings. The highest BCUT2D eigenvalue weighted by molar-refractivity contribution is 5.80. The van der Waals surface area contributed by atoms with Crippen LogP contribution < -0.4 is 5.32 Å². The predicted octanol–water partition coefficient (Wildman–Crippen LogP) is 2.90. The number of nitrogens with one attached hydrogen (secondary N) is 1. The topological polar surface area (TPSA) is 47.6 Å². The molecular formula is C15H31NO3. The largest absolute Gasteiger partial charge is 0.465 e. The van der Waals surface area contributed by atoms with Gasteiger partial charge in [0.2, 0.25) is 0 Å². The Hall–Kier alpha value is -0.610. The van der Waals surface area contributed by atoms with E-state index in [4.69, 9.17) is 9.47 Å². The maximum atomic E-state index is 12.0. The van der Waals surface area contributed by atoms with Crippen molar-refractivity contribution < 1.29 is 14.3 Å². The van der Waals surface area contributed by atoms with Gasteiger partial charge in [-0.25, -0.2) is 4.79 Å². The van der Waals surface area contributed by atoms with Crippen LogP contribution in [0.4, 0.5) is 0 Å². The summed E-state index contributed by atoms with van der Waals surface area (Å²) in [7, 11) is 0. The van der Waals surface area contributed by atoms with Crippen LogP contribution in [0.3, 0.4) is 0 Å². The van der Waals surface area contributed by atoms with Crippen molar-refractivity contribution in [2.24, 2.45) is 0 Å². The van der Waals surface area contributed by atoms with Crippen LogP contribution in [0.2, 0.25) is 0 Å². The number of hydrogen-bond donors (Lipinski definition) is 1. The van der Waals surface area contributed by atoms with Crippen LogP contribution in [0.25, 0.3) is 0 Å². The average Bonchev–Trinajstić information content (AvgIpc) is 2.40. The zero-order valence-electron chi connectivity index (χ0n) is 13.1. The average molecular weight is 273 g/mol. The van der Waals surface area contributed by atoms with Gasteiger partial charge >= 0.3 is 5.97 Å². The van der Waals surface area contributed by atoms with E-state index in [1.54, 1.807) is 0 Å². The van der Waals surface area contributed by atoms with Gasteiger partial charge in [0.15, 0.2) is 0 Å². The van der Waals surface area contributed by atoms with E-state index < -0.39 is 5.54 Å². The summed E-state index contributed by atoms with van der Waals surface area (Å²) in [6.45, 7) is 10.2. The molecule has 4 heteroatoms. The van der Waals surface area contributed by atoms with Gasteiger partial charge in [-0.15, -0.1) is 0 Å². The molecule has 0 aliphatic heterocycles. The lowest BCUT2D eigenvalue weighted by Crippen LogP contribution is -2.54. The van der Waals surface area contributed by atoms with E-state index in [9.17, 15) is 4.79 Å². The van der Waals surface area contributed by atoms with Gasteiger partial charge in [0, 0.05) is 6.61 Å². The van der Waals surface area contributed by atoms with Crippen molar-refractivity contribution in [3.63, 3.8) is 0 Å². The number of unbranched alkanes of at least 4 members (excludes halogenated alkanes) is 3. The van der Waals surface area contributed by atoms with E-state index in [2.05, 4.69) is 19.2 Å². The van der Waals surface area contributed by atoms with Gasteiger partial charge in [-0.2, -0.15) is 0 Å². The molecule has 0 saturated carbocycles. The summed E-state index contributed by atoms with van der Waals surface area (Å²) in [4.78, 5) is 12.0. The van der Waals surface area contributed by atoms with E-state index in [0.29, 0.717) is 19.8 Å². The number of ether oxygens (including phenoxy) is 2. The zero-order valence-corrected chi connectivity index (χ0v) is 13.1. The first-order valence-corrected chi connectivity index (χ1v) is 7.60. The van der Waals surface area contributed by atoms with Crippen LogP contribution in [-0.2, 0) is 14.3 Å². The maximum Gasteiger partial charge on any atom is 0.328 e. The molecule has 0 heterocycles. The molecule has 0 radical (unpaired) electrons. The number of esters is 1. The summed E-state index contributed by atoms with van der Waals surface area (Å²) in [6.07, 6.45) is 5.69. The molecule has 114 valence electrons. The minimum Gasteiger partial charge on any atom is -0.465 e. The molecule has 0 aromatic carbocycles. The van der Waals surface area contributed by atoms with Crippen LogP contribution in [0.1, 0.15) is 59.8 Å². The van der Waals surface area contributed by atoms with Crippen molar-refractivity contribution >= 4 is 5.97 Å². The van der Waals surface area contributed by atoms with Gasteiger partial charge in [0.05, 0.1) is 13.2 Å². The lowest BCUT2D eigenvalue weighted by atomic mass is 10.0. The van der Waals surface area contributed by atoms with Gasteiger partial charge in [0.1, 0.15) is 5.54 Å². The summed E-state index contributed by atoms with van der Waals surface area (Å²) in [5, 5.41) is 3.23. The molecule has 0 bridgehead atoms. The van der Waals surface area contributed by atoms with Gasteiger partial charge in [-0.05, 0) is 33.2 Å². The van der Waals surface area contributed by atoms with Crippen molar-refractivity contribution in [3.05, 3.63) is 0 Å². The van der Waals surface area contributed by atoms with E-state index in [1.165, 1.54) is 19.3 Å². The van der Waals surface area contributed by atoms with Crippen LogP contribution in [0.15, 0.2) is 0 Å². The molecular weight excluding hydrogens is 242 g/mol. The lowest BCUT2D eigenvalue weighted by Gasteiger charge is -2.28. The fourth-order valence-corrected chi connectivity index (χ4v) is 1.78. The highest BCUT2D eigenvalue weighted by Gasteiger charge is 2.34. The smallest absolute Gasteiger partial charge is 0.328 e. The lowest BCUT2D eigenvalue weighted by molar-refractivity contribution is -0.153. The number of rotatable bonds is 12. The fraction of sp³-hybridized carbons (Fsp3) is 0.933. The molecule has 0 aliphatic carbocycles. The Bertz CT molecular complexity index is 233. The molecule has 1 N–H and O–H groups in total. The van der Waals surface area contributed by atoms with Crippen LogP contribution in [0, 0.1) is 0 Å². The number of carbonyl (C=O) groups excluding carboxylic acids is 1. The molecule has 1 atom stereocenters. The van der Waals surface area contributed by atoms with E-state index in [0.717, 1.165) is 19.4 Å². The Morgan fingerprint density at radius 2 is 1.84 bits per heavy atom. The summed E-state index contributed by atoms with van der Waals surface area (Å²) in [5.74, 6) is -0.225. The minimum absolute atomic E-state index is 0.225. The Kier molecular flexibility index (Phi) is 10.9. The van der Waals surface area contributed by atoms with Gasteiger partial charge < -0.3 is 14.8 Å². The molecule has 0 saturated heterocycles. The standard InChI is InChI=1S/C15H31NO3/c1-5-8-9-10-12-18-13-15(4,16-11-6-2)14(17)19-7-3/h16H,5-13H2,1-4H3. The number of carbonyl (C=O) groups is 1. The molecule has 0 amide bonds. The third-order valence-corrected chi connectivity index (χ3v) is 3.02. The van der Waals surface area contributed by atoms with Crippen LogP contribution in [-0.4, -0.2) is 37.9 Å². The quantitative estimate of drug-likeness (QED) is 0.439. The molecule has 1 unspecified atom stereocenters. The Balaban J connectivity index is 4.08. The SMILES string of the molecule is CCCCCCOCC(C)(NCCC)C(=O)OCC. The normalized spacial score (nSPS) is 14.1. The molecule has 4 nitrogen and oxygen atoms in total. The first kappa shape index (κ1) is 18.4. The Morgan fingerprint density at radius 3 is 2.42 bits per heavy atom. The molecule has 0 aromatic rings. The highest BCUT2D eigenvalue weighted by Crippen LogP contribution is 2.09. The summed E-state index contributed by atoms with van der Waals surface area (Å²) in [6, 6.07) is 0. The molecule has 0 aromatic heterocycles. The number of hydrogen-bond acceptors (Lipinski definition) is 4. The molecule has 0 spiro atoms. The summed E-state index contributed by atoms with van der Waals surface area (Å²) < 4.78 is 10.8. The molecule has 0 rings (SSSR count). The van der Waals surface area contributed by atoms with Crippen molar-refractivity contribution in [3.8, 4) is 0 Å². The second-order valence-corrected chi connectivity index (χ2v) is 5.09. The van der Waals surface area contributed by atoms with E-state index >= 15 is 0 Å². The van der Waals surface area contributed by atoms with E-state index in [1.807, 2.05) is 13.8 Å². The van der Waals surface area contributed by atoms with Gasteiger partial charge in [-0.1, -0.05) is 33.1 Å². The summed E-state index contributed by atoms with van der Waals surface area (Å²) >= 11 is 0. The predicted molar refractivity (Wildman–Crippen MR) is 78.3 cm³/mol. The van der Waals surface area contributed by atoms with Gasteiger partial charge in [0.25, 0.3) is 0 Å². The third-order valence-electron chi connectivity index (χ3n) is 3.02. The first-order chi connectivity index (χ1) is 9.10. The van der Waals surface area contributed by atoms with E-state index in [-0.39, 0.29) is 5.97 Å². The molecule has 0 aliphatic rings. The van der Waals surface area contributed by atoms with Crippen molar-refractivity contribution in [2.45, 2.75) is 65.3 Å². The van der Waals surface area contributed by atoms with Crippen LogP contribution in [0.5, 0.6) is 0 Å². The summed E-state index contributed by atoms with van der Waals surface area (Å²) in [5.41, 5.74) is -0.725. The first-order valence-electron chi connectivity index (χ1n) is 7.60. The fourth-order valence-electron chi connectivity index (χ4n) is 1.78. The van der Waals surface area contributed by atoms with Crippen molar-refractivity contribution in [1.29, 1.82) is 0 Å². The second kappa shape index (κ2) is 11.2. The Labute approximate surface area is 118 Å².